The standard InChI is InChI=1S/C25H32N6O2.HI/c1-5-16-33-23-9-7-6-8-21(23)17-27-25(28-18-24-30-29-19(2)31(24)3)26-15-14-20-10-12-22(32-4)13-11-20;/h5-13H,1,14-18H2,2-4H3,(H2,26,27,28);1H. The Morgan fingerprint density at radius 3 is 2.56 bits per heavy atom. The average Bonchev–Trinajstić information content (AvgIpc) is 3.17. The number of guanidine groups is 1. The molecule has 1 heterocycles. The molecule has 34 heavy (non-hydrogen) atoms. The first kappa shape index (κ1) is 27.2. The van der Waals surface area contributed by atoms with Crippen LogP contribution in [0, 0.1) is 6.92 Å². The molecule has 0 saturated carbocycles. The molecule has 0 aliphatic heterocycles. The Morgan fingerprint density at radius 2 is 1.88 bits per heavy atom. The minimum absolute atomic E-state index is 0. The number of nitrogens with one attached hydrogen (secondary N) is 2. The zero-order valence-electron chi connectivity index (χ0n) is 20.0. The molecule has 182 valence electrons. The monoisotopic (exact) mass is 576 g/mol. The average molecular weight is 576 g/mol. The number of ether oxygens (including phenoxy) is 2. The predicted molar refractivity (Wildman–Crippen MR) is 146 cm³/mol. The fourth-order valence-electron chi connectivity index (χ4n) is 3.15. The Hall–Kier alpha value is -3.08. The third kappa shape index (κ3) is 8.05. The second-order valence-electron chi connectivity index (χ2n) is 7.47. The lowest BCUT2D eigenvalue weighted by atomic mass is 10.1. The van der Waals surface area contributed by atoms with Crippen LogP contribution < -0.4 is 20.1 Å². The number of hydrogen-bond acceptors (Lipinski definition) is 5. The summed E-state index contributed by atoms with van der Waals surface area (Å²) in [5, 5.41) is 15.1. The largest absolute Gasteiger partial charge is 0.497 e. The molecule has 3 rings (SSSR count). The number of nitrogens with zero attached hydrogens (tertiary/aromatic N) is 4. The lowest BCUT2D eigenvalue weighted by molar-refractivity contribution is 0.359. The fourth-order valence-corrected chi connectivity index (χ4v) is 3.15. The molecule has 9 heteroatoms. The Morgan fingerprint density at radius 1 is 1.12 bits per heavy atom. The number of methoxy groups -OCH3 is 1. The van der Waals surface area contributed by atoms with Crippen molar-refractivity contribution in [3.8, 4) is 11.5 Å². The Kier molecular flexibility index (Phi) is 11.4. The van der Waals surface area contributed by atoms with Crippen molar-refractivity contribution >= 4 is 29.9 Å². The molecule has 0 saturated heterocycles. The first-order valence-corrected chi connectivity index (χ1v) is 10.9. The molecule has 8 nitrogen and oxygen atoms in total. The van der Waals surface area contributed by atoms with Crippen LogP contribution in [0.1, 0.15) is 22.8 Å². The third-order valence-electron chi connectivity index (χ3n) is 5.20. The van der Waals surface area contributed by atoms with Gasteiger partial charge in [-0.3, -0.25) is 0 Å². The lowest BCUT2D eigenvalue weighted by Gasteiger charge is -2.14. The van der Waals surface area contributed by atoms with Crippen molar-refractivity contribution in [3.63, 3.8) is 0 Å². The van der Waals surface area contributed by atoms with Crippen LogP contribution in [0.4, 0.5) is 0 Å². The molecule has 2 aromatic carbocycles. The Balaban J connectivity index is 0.00000408. The Labute approximate surface area is 218 Å². The zero-order valence-corrected chi connectivity index (χ0v) is 22.3. The molecular formula is C25H33IN6O2. The predicted octanol–water partition coefficient (Wildman–Crippen LogP) is 3.79. The number of para-hydroxylation sites is 1. The van der Waals surface area contributed by atoms with E-state index in [1.165, 1.54) is 5.56 Å². The van der Waals surface area contributed by atoms with Crippen molar-refractivity contribution in [3.05, 3.63) is 84.0 Å². The van der Waals surface area contributed by atoms with E-state index in [-0.39, 0.29) is 24.0 Å². The van der Waals surface area contributed by atoms with Crippen molar-refractivity contribution in [1.82, 2.24) is 25.4 Å². The van der Waals surface area contributed by atoms with Gasteiger partial charge in [-0.05, 0) is 37.1 Å². The summed E-state index contributed by atoms with van der Waals surface area (Å²) < 4.78 is 13.0. The first-order valence-electron chi connectivity index (χ1n) is 10.9. The number of halogens is 1. The van der Waals surface area contributed by atoms with E-state index in [0.29, 0.717) is 25.7 Å². The number of hydrogen-bond donors (Lipinski definition) is 2. The van der Waals surface area contributed by atoms with Gasteiger partial charge < -0.3 is 24.7 Å². The highest BCUT2D eigenvalue weighted by Crippen LogP contribution is 2.19. The van der Waals surface area contributed by atoms with E-state index in [1.807, 2.05) is 54.9 Å². The van der Waals surface area contributed by atoms with Gasteiger partial charge in [-0.25, -0.2) is 4.99 Å². The van der Waals surface area contributed by atoms with E-state index in [4.69, 9.17) is 14.5 Å². The first-order chi connectivity index (χ1) is 16.1. The van der Waals surface area contributed by atoms with Gasteiger partial charge in [0.15, 0.2) is 11.8 Å². The van der Waals surface area contributed by atoms with Crippen molar-refractivity contribution in [2.75, 3.05) is 20.3 Å². The van der Waals surface area contributed by atoms with E-state index < -0.39 is 0 Å². The van der Waals surface area contributed by atoms with Crippen LogP contribution in [-0.4, -0.2) is 41.0 Å². The highest BCUT2D eigenvalue weighted by molar-refractivity contribution is 14.0. The van der Waals surface area contributed by atoms with Gasteiger partial charge >= 0.3 is 0 Å². The molecule has 0 fully saturated rings. The van der Waals surface area contributed by atoms with Crippen LogP contribution in [0.2, 0.25) is 0 Å². The summed E-state index contributed by atoms with van der Waals surface area (Å²) in [5.41, 5.74) is 2.22. The maximum Gasteiger partial charge on any atom is 0.191 e. The minimum atomic E-state index is 0. The molecular weight excluding hydrogens is 543 g/mol. The quantitative estimate of drug-likeness (QED) is 0.157. The van der Waals surface area contributed by atoms with Crippen molar-refractivity contribution < 1.29 is 9.47 Å². The molecule has 0 radical (unpaired) electrons. The molecule has 0 unspecified atom stereocenters. The molecule has 0 aliphatic carbocycles. The zero-order chi connectivity index (χ0) is 23.5. The highest BCUT2D eigenvalue weighted by atomic mass is 127. The summed E-state index contributed by atoms with van der Waals surface area (Å²) in [4.78, 5) is 4.78. The summed E-state index contributed by atoms with van der Waals surface area (Å²) in [6.45, 7) is 7.82. The van der Waals surface area contributed by atoms with Gasteiger partial charge in [0.2, 0.25) is 0 Å². The van der Waals surface area contributed by atoms with Gasteiger partial charge in [-0.1, -0.05) is 43.0 Å². The summed E-state index contributed by atoms with van der Waals surface area (Å²) in [5.74, 6) is 4.07. The van der Waals surface area contributed by atoms with Crippen molar-refractivity contribution in [2.45, 2.75) is 26.4 Å². The molecule has 0 aliphatic rings. The maximum atomic E-state index is 5.76. The molecule has 3 aromatic rings. The molecule has 0 spiro atoms. The number of aliphatic imine (C=N–C) groups is 1. The minimum Gasteiger partial charge on any atom is -0.497 e. The van der Waals surface area contributed by atoms with Crippen LogP contribution >= 0.6 is 24.0 Å². The summed E-state index contributed by atoms with van der Waals surface area (Å²) in [6.07, 6.45) is 2.59. The van der Waals surface area contributed by atoms with Crippen molar-refractivity contribution in [2.24, 2.45) is 12.0 Å². The molecule has 1 aromatic heterocycles. The van der Waals surface area contributed by atoms with Gasteiger partial charge in [0.25, 0.3) is 0 Å². The highest BCUT2D eigenvalue weighted by Gasteiger charge is 2.08. The molecule has 0 amide bonds. The van der Waals surface area contributed by atoms with Gasteiger partial charge in [0, 0.05) is 19.2 Å². The number of aryl methyl sites for hydroxylation is 1. The molecule has 0 bridgehead atoms. The van der Waals surface area contributed by atoms with Crippen LogP contribution in [0.15, 0.2) is 66.2 Å². The van der Waals surface area contributed by atoms with Crippen LogP contribution in [-0.2, 0) is 26.6 Å². The Bertz CT molecular complexity index is 1070. The van der Waals surface area contributed by atoms with Gasteiger partial charge in [0.1, 0.15) is 23.9 Å². The van der Waals surface area contributed by atoms with Crippen LogP contribution in [0.25, 0.3) is 0 Å². The van der Waals surface area contributed by atoms with Gasteiger partial charge in [0.05, 0.1) is 20.2 Å². The van der Waals surface area contributed by atoms with E-state index in [0.717, 1.165) is 41.7 Å². The summed E-state index contributed by atoms with van der Waals surface area (Å²) >= 11 is 0. The fraction of sp³-hybridized carbons (Fsp3) is 0.320. The van der Waals surface area contributed by atoms with Crippen LogP contribution in [0.3, 0.4) is 0 Å². The molecule has 2 N–H and O–H groups in total. The topological polar surface area (TPSA) is 85.6 Å². The SMILES string of the molecule is C=CCOc1ccccc1CN=C(NCCc1ccc(OC)cc1)NCc1nnc(C)n1C.I. The second-order valence-corrected chi connectivity index (χ2v) is 7.47. The van der Waals surface area contributed by atoms with Gasteiger partial charge in [-0.15, -0.1) is 34.2 Å². The number of aromatic nitrogens is 3. The van der Waals surface area contributed by atoms with Crippen molar-refractivity contribution in [1.29, 1.82) is 0 Å². The number of benzene rings is 2. The van der Waals surface area contributed by atoms with Crippen LogP contribution in [0.5, 0.6) is 11.5 Å². The van der Waals surface area contributed by atoms with E-state index >= 15 is 0 Å². The molecule has 0 atom stereocenters. The second kappa shape index (κ2) is 14.2. The number of rotatable bonds is 11. The van der Waals surface area contributed by atoms with E-state index in [2.05, 4.69) is 39.5 Å². The summed E-state index contributed by atoms with van der Waals surface area (Å²) in [7, 11) is 3.62. The lowest BCUT2D eigenvalue weighted by Crippen LogP contribution is -2.38. The smallest absolute Gasteiger partial charge is 0.191 e. The van der Waals surface area contributed by atoms with E-state index in [9.17, 15) is 0 Å². The normalized spacial score (nSPS) is 10.9. The maximum absolute atomic E-state index is 5.76. The third-order valence-corrected chi connectivity index (χ3v) is 5.20. The summed E-state index contributed by atoms with van der Waals surface area (Å²) in [6, 6.07) is 16.0. The van der Waals surface area contributed by atoms with E-state index in [1.54, 1.807) is 13.2 Å². The van der Waals surface area contributed by atoms with Gasteiger partial charge in [-0.2, -0.15) is 0 Å².